The topological polar surface area (TPSA) is 79.5 Å². The largest absolute Gasteiger partial charge is 0.480 e. The van der Waals surface area contributed by atoms with Crippen molar-refractivity contribution >= 4 is 5.97 Å². The van der Waals surface area contributed by atoms with Gasteiger partial charge in [0.1, 0.15) is 6.04 Å². The fourth-order valence-electron chi connectivity index (χ4n) is 2.59. The highest BCUT2D eigenvalue weighted by Gasteiger charge is 2.31. The Morgan fingerprint density at radius 1 is 1.35 bits per heavy atom. The minimum Gasteiger partial charge on any atom is -0.480 e. The van der Waals surface area contributed by atoms with E-state index in [1.54, 1.807) is 4.90 Å². The number of carboxylic acid groups (broad SMARTS) is 1. The second kappa shape index (κ2) is 5.99. The van der Waals surface area contributed by atoms with Crippen molar-refractivity contribution in [1.82, 2.24) is 15.0 Å². The van der Waals surface area contributed by atoms with Crippen LogP contribution in [0.5, 0.6) is 0 Å². The molecule has 0 radical (unpaired) electrons. The molecule has 1 aliphatic rings. The average Bonchev–Trinajstić information content (AvgIpc) is 3.14. The lowest BCUT2D eigenvalue weighted by atomic mass is 10.2. The Bertz CT molecular complexity index is 727. The molecule has 1 fully saturated rings. The van der Waals surface area contributed by atoms with Crippen molar-refractivity contribution < 1.29 is 27.6 Å². The van der Waals surface area contributed by atoms with E-state index >= 15 is 0 Å². The van der Waals surface area contributed by atoms with E-state index in [9.17, 15) is 18.0 Å². The molecule has 3 rings (SSSR count). The van der Waals surface area contributed by atoms with Crippen LogP contribution in [0.1, 0.15) is 18.7 Å². The monoisotopic (exact) mass is 327 g/mol. The Hall–Kier alpha value is -2.42. The summed E-state index contributed by atoms with van der Waals surface area (Å²) in [5.41, 5.74) is -0.0624. The minimum atomic E-state index is -1.57. The molecule has 6 nitrogen and oxygen atoms in total. The number of aromatic nitrogens is 2. The lowest BCUT2D eigenvalue weighted by molar-refractivity contribution is -0.142. The van der Waals surface area contributed by atoms with Crippen molar-refractivity contribution in [1.29, 1.82) is 0 Å². The van der Waals surface area contributed by atoms with Crippen molar-refractivity contribution in [3.8, 4) is 11.4 Å². The zero-order valence-electron chi connectivity index (χ0n) is 11.8. The summed E-state index contributed by atoms with van der Waals surface area (Å²) in [5, 5.41) is 12.7. The molecule has 23 heavy (non-hydrogen) atoms. The number of hydrogen-bond donors (Lipinski definition) is 1. The van der Waals surface area contributed by atoms with Crippen molar-refractivity contribution in [3.05, 3.63) is 35.5 Å². The van der Waals surface area contributed by atoms with Gasteiger partial charge in [0, 0.05) is 5.56 Å². The first kappa shape index (κ1) is 15.5. The number of rotatable bonds is 4. The molecular weight excluding hydrogens is 315 g/mol. The third-order valence-electron chi connectivity index (χ3n) is 3.70. The maximum absolute atomic E-state index is 13.2. The summed E-state index contributed by atoms with van der Waals surface area (Å²) in [4.78, 5) is 16.8. The molecule has 9 heteroatoms. The molecule has 0 amide bonds. The summed E-state index contributed by atoms with van der Waals surface area (Å²) in [7, 11) is 0. The van der Waals surface area contributed by atoms with Gasteiger partial charge in [-0.2, -0.15) is 4.98 Å². The van der Waals surface area contributed by atoms with Crippen molar-refractivity contribution in [2.45, 2.75) is 25.4 Å². The summed E-state index contributed by atoms with van der Waals surface area (Å²) >= 11 is 0. The van der Waals surface area contributed by atoms with E-state index in [1.165, 1.54) is 0 Å². The van der Waals surface area contributed by atoms with Crippen LogP contribution in [0.15, 0.2) is 16.7 Å². The maximum Gasteiger partial charge on any atom is 0.320 e. The zero-order chi connectivity index (χ0) is 16.6. The van der Waals surface area contributed by atoms with Crippen molar-refractivity contribution in [3.63, 3.8) is 0 Å². The maximum atomic E-state index is 13.2. The van der Waals surface area contributed by atoms with Crippen LogP contribution in [0.4, 0.5) is 13.2 Å². The number of carboxylic acids is 1. The first-order valence-electron chi connectivity index (χ1n) is 6.90. The smallest absolute Gasteiger partial charge is 0.320 e. The molecule has 1 aliphatic heterocycles. The number of halogens is 3. The summed E-state index contributed by atoms with van der Waals surface area (Å²) < 4.78 is 44.4. The lowest BCUT2D eigenvalue weighted by Crippen LogP contribution is -2.35. The fraction of sp³-hybridized carbons (Fsp3) is 0.357. The van der Waals surface area contributed by atoms with Crippen LogP contribution >= 0.6 is 0 Å². The average molecular weight is 327 g/mol. The van der Waals surface area contributed by atoms with E-state index in [-0.39, 0.29) is 23.8 Å². The molecule has 0 spiro atoms. The fourth-order valence-corrected chi connectivity index (χ4v) is 2.59. The Morgan fingerprint density at radius 3 is 2.70 bits per heavy atom. The lowest BCUT2D eigenvalue weighted by Gasteiger charge is -2.18. The summed E-state index contributed by atoms with van der Waals surface area (Å²) in [6.45, 7) is 0.699. The van der Waals surface area contributed by atoms with E-state index in [4.69, 9.17) is 9.63 Å². The molecule has 1 aromatic heterocycles. The number of carbonyl (C=O) groups is 1. The van der Waals surface area contributed by atoms with Gasteiger partial charge in [0.05, 0.1) is 6.54 Å². The molecule has 122 valence electrons. The molecule has 2 heterocycles. The zero-order valence-corrected chi connectivity index (χ0v) is 11.8. The first-order chi connectivity index (χ1) is 11.0. The van der Waals surface area contributed by atoms with Gasteiger partial charge in [-0.3, -0.25) is 9.69 Å². The van der Waals surface area contributed by atoms with Gasteiger partial charge in [0.15, 0.2) is 17.5 Å². The van der Waals surface area contributed by atoms with Crippen LogP contribution in [-0.2, 0) is 11.3 Å². The summed E-state index contributed by atoms with van der Waals surface area (Å²) in [5.74, 6) is -5.17. The van der Waals surface area contributed by atoms with Crippen LogP contribution in [0.2, 0.25) is 0 Å². The highest BCUT2D eigenvalue weighted by molar-refractivity contribution is 5.73. The second-order valence-electron chi connectivity index (χ2n) is 5.23. The molecule has 1 atom stereocenters. The number of nitrogens with zero attached hydrogens (tertiary/aromatic N) is 3. The number of hydrogen-bond acceptors (Lipinski definition) is 5. The molecule has 0 aliphatic carbocycles. The highest BCUT2D eigenvalue weighted by Crippen LogP contribution is 2.23. The van der Waals surface area contributed by atoms with Gasteiger partial charge in [-0.05, 0) is 31.5 Å². The van der Waals surface area contributed by atoms with E-state index < -0.39 is 29.5 Å². The predicted octanol–water partition coefficient (Wildman–Crippen LogP) is 2.20. The van der Waals surface area contributed by atoms with Crippen LogP contribution in [0.3, 0.4) is 0 Å². The van der Waals surface area contributed by atoms with Gasteiger partial charge in [-0.15, -0.1) is 0 Å². The summed E-state index contributed by atoms with van der Waals surface area (Å²) in [6, 6.07) is 0.914. The third-order valence-corrected chi connectivity index (χ3v) is 3.70. The first-order valence-corrected chi connectivity index (χ1v) is 6.90. The number of aliphatic carboxylic acids is 1. The van der Waals surface area contributed by atoms with Crippen molar-refractivity contribution in [2.75, 3.05) is 6.54 Å². The highest BCUT2D eigenvalue weighted by atomic mass is 19.2. The molecule has 0 saturated carbocycles. The van der Waals surface area contributed by atoms with E-state index in [2.05, 4.69) is 10.1 Å². The second-order valence-corrected chi connectivity index (χ2v) is 5.23. The van der Waals surface area contributed by atoms with E-state index in [0.717, 1.165) is 18.6 Å². The van der Waals surface area contributed by atoms with Crippen LogP contribution < -0.4 is 0 Å². The summed E-state index contributed by atoms with van der Waals surface area (Å²) in [6.07, 6.45) is 1.27. The van der Waals surface area contributed by atoms with Gasteiger partial charge in [-0.25, -0.2) is 13.2 Å². The Morgan fingerprint density at radius 2 is 2.04 bits per heavy atom. The molecule has 2 aromatic rings. The molecule has 1 N–H and O–H groups in total. The van der Waals surface area contributed by atoms with E-state index in [1.807, 2.05) is 0 Å². The van der Waals surface area contributed by atoms with Gasteiger partial charge in [0.2, 0.25) is 11.7 Å². The molecular formula is C14H12F3N3O3. The standard InChI is InChI=1S/C14H12F3N3O3/c15-8-4-7(5-9(16)12(8)17)13-18-11(23-19-13)6-20-3-1-2-10(20)14(21)22/h4-5,10H,1-3,6H2,(H,21,22)/t10-/m0/s1. The normalized spacial score (nSPS) is 18.5. The van der Waals surface area contributed by atoms with Gasteiger partial charge in [0.25, 0.3) is 0 Å². The van der Waals surface area contributed by atoms with Gasteiger partial charge < -0.3 is 9.63 Å². The number of likely N-dealkylation sites (tertiary alicyclic amines) is 1. The molecule has 1 saturated heterocycles. The molecule has 0 unspecified atom stereocenters. The van der Waals surface area contributed by atoms with Gasteiger partial charge >= 0.3 is 5.97 Å². The Kier molecular flexibility index (Phi) is 4.03. The van der Waals surface area contributed by atoms with Crippen molar-refractivity contribution in [2.24, 2.45) is 0 Å². The SMILES string of the molecule is O=C(O)[C@@H]1CCCN1Cc1nc(-c2cc(F)c(F)c(F)c2)no1. The quantitative estimate of drug-likeness (QED) is 0.867. The predicted molar refractivity (Wildman–Crippen MR) is 70.7 cm³/mol. The Balaban J connectivity index is 1.80. The van der Waals surface area contributed by atoms with Crippen LogP contribution in [-0.4, -0.2) is 38.7 Å². The van der Waals surface area contributed by atoms with Crippen LogP contribution in [0.25, 0.3) is 11.4 Å². The van der Waals surface area contributed by atoms with Gasteiger partial charge in [-0.1, -0.05) is 5.16 Å². The molecule has 0 bridgehead atoms. The minimum absolute atomic E-state index is 0.0624. The van der Waals surface area contributed by atoms with E-state index in [0.29, 0.717) is 13.0 Å². The number of benzene rings is 1. The molecule has 1 aromatic carbocycles. The third kappa shape index (κ3) is 3.04. The van der Waals surface area contributed by atoms with Crippen LogP contribution in [0, 0.1) is 17.5 Å². The Labute approximate surface area is 128 Å².